The second kappa shape index (κ2) is 9.56. The van der Waals surface area contributed by atoms with E-state index in [-0.39, 0.29) is 11.8 Å². The van der Waals surface area contributed by atoms with Crippen LogP contribution >= 0.6 is 11.6 Å². The van der Waals surface area contributed by atoms with Crippen molar-refractivity contribution in [2.45, 2.75) is 44.6 Å². The molecule has 3 fully saturated rings. The Morgan fingerprint density at radius 1 is 1.03 bits per heavy atom. The maximum atomic E-state index is 13.2. The number of nitrogens with zero attached hydrogens (tertiary/aromatic N) is 3. The Labute approximate surface area is 184 Å². The van der Waals surface area contributed by atoms with Gasteiger partial charge in [0.2, 0.25) is 5.91 Å². The van der Waals surface area contributed by atoms with Gasteiger partial charge in [-0.3, -0.25) is 9.59 Å². The molecule has 0 aliphatic carbocycles. The first-order valence-electron chi connectivity index (χ1n) is 11.2. The van der Waals surface area contributed by atoms with E-state index in [4.69, 9.17) is 16.3 Å². The maximum Gasteiger partial charge on any atom is 0.257 e. The predicted octanol–water partition coefficient (Wildman–Crippen LogP) is 3.29. The van der Waals surface area contributed by atoms with Gasteiger partial charge < -0.3 is 19.4 Å². The van der Waals surface area contributed by atoms with E-state index in [1.807, 2.05) is 4.90 Å². The summed E-state index contributed by atoms with van der Waals surface area (Å²) in [5.74, 6) is 0.774. The van der Waals surface area contributed by atoms with Crippen molar-refractivity contribution in [2.24, 2.45) is 5.92 Å². The van der Waals surface area contributed by atoms with Crippen LogP contribution in [0.4, 0.5) is 0 Å². The molecule has 0 radical (unpaired) electrons. The highest BCUT2D eigenvalue weighted by atomic mass is 35.5. The zero-order valence-corrected chi connectivity index (χ0v) is 18.6. The minimum Gasteiger partial charge on any atom is -0.496 e. The average molecular weight is 434 g/mol. The van der Waals surface area contributed by atoms with Crippen molar-refractivity contribution >= 4 is 23.4 Å². The summed E-state index contributed by atoms with van der Waals surface area (Å²) in [6, 6.07) is 5.47. The third kappa shape index (κ3) is 4.59. The molecule has 2 amide bonds. The van der Waals surface area contributed by atoms with Gasteiger partial charge >= 0.3 is 0 Å². The summed E-state index contributed by atoms with van der Waals surface area (Å²) in [7, 11) is 1.56. The van der Waals surface area contributed by atoms with Crippen molar-refractivity contribution in [1.29, 1.82) is 0 Å². The molecule has 3 saturated heterocycles. The van der Waals surface area contributed by atoms with E-state index < -0.39 is 0 Å². The van der Waals surface area contributed by atoms with E-state index in [0.717, 1.165) is 38.8 Å². The molecule has 1 atom stereocenters. The van der Waals surface area contributed by atoms with Crippen LogP contribution in [0, 0.1) is 5.92 Å². The molecule has 0 saturated carbocycles. The zero-order chi connectivity index (χ0) is 21.1. The number of benzene rings is 1. The summed E-state index contributed by atoms with van der Waals surface area (Å²) in [5.41, 5.74) is 0.486. The number of hydrogen-bond acceptors (Lipinski definition) is 4. The Balaban J connectivity index is 1.34. The topological polar surface area (TPSA) is 53.1 Å². The number of amides is 2. The molecule has 7 heteroatoms. The number of likely N-dealkylation sites (tertiary alicyclic amines) is 3. The van der Waals surface area contributed by atoms with Gasteiger partial charge in [0.25, 0.3) is 5.91 Å². The lowest BCUT2D eigenvalue weighted by Crippen LogP contribution is -2.48. The van der Waals surface area contributed by atoms with Crippen LogP contribution in [-0.2, 0) is 4.79 Å². The minimum atomic E-state index is -0.0756. The van der Waals surface area contributed by atoms with E-state index in [1.165, 1.54) is 25.9 Å². The van der Waals surface area contributed by atoms with Gasteiger partial charge in [-0.15, -0.1) is 0 Å². The Kier molecular flexibility index (Phi) is 6.84. The molecule has 3 heterocycles. The van der Waals surface area contributed by atoms with E-state index in [2.05, 4.69) is 9.80 Å². The zero-order valence-electron chi connectivity index (χ0n) is 17.8. The van der Waals surface area contributed by atoms with Crippen molar-refractivity contribution in [2.75, 3.05) is 46.4 Å². The number of carbonyl (C=O) groups is 2. The van der Waals surface area contributed by atoms with E-state index in [0.29, 0.717) is 41.4 Å². The number of methoxy groups -OCH3 is 1. The first kappa shape index (κ1) is 21.4. The second-order valence-electron chi connectivity index (χ2n) is 8.75. The summed E-state index contributed by atoms with van der Waals surface area (Å²) < 4.78 is 5.33. The molecular weight excluding hydrogens is 402 g/mol. The van der Waals surface area contributed by atoms with Crippen LogP contribution in [0.3, 0.4) is 0 Å². The molecule has 4 rings (SSSR count). The molecule has 0 aromatic heterocycles. The lowest BCUT2D eigenvalue weighted by Gasteiger charge is -2.36. The van der Waals surface area contributed by atoms with E-state index in [1.54, 1.807) is 25.3 Å². The molecule has 1 aromatic carbocycles. The summed E-state index contributed by atoms with van der Waals surface area (Å²) in [6.07, 6.45) is 6.24. The van der Waals surface area contributed by atoms with Crippen LogP contribution in [0.2, 0.25) is 5.02 Å². The number of ether oxygens (including phenoxy) is 1. The normalized spacial score (nSPS) is 23.2. The van der Waals surface area contributed by atoms with Gasteiger partial charge in [-0.2, -0.15) is 0 Å². The molecule has 0 N–H and O–H groups in total. The fraction of sp³-hybridized carbons (Fsp3) is 0.652. The van der Waals surface area contributed by atoms with Gasteiger partial charge in [0.05, 0.1) is 12.7 Å². The summed E-state index contributed by atoms with van der Waals surface area (Å²) >= 11 is 6.09. The van der Waals surface area contributed by atoms with Crippen LogP contribution in [-0.4, -0.2) is 78.9 Å². The monoisotopic (exact) mass is 433 g/mol. The first-order valence-corrected chi connectivity index (χ1v) is 11.6. The molecule has 0 spiro atoms. The predicted molar refractivity (Wildman–Crippen MR) is 117 cm³/mol. The van der Waals surface area contributed by atoms with Crippen molar-refractivity contribution in [1.82, 2.24) is 14.7 Å². The lowest BCUT2D eigenvalue weighted by molar-refractivity contribution is -0.138. The molecule has 164 valence electrons. The maximum absolute atomic E-state index is 13.2. The van der Waals surface area contributed by atoms with Gasteiger partial charge in [0, 0.05) is 43.2 Å². The van der Waals surface area contributed by atoms with Gasteiger partial charge in [-0.25, -0.2) is 0 Å². The van der Waals surface area contributed by atoms with Gasteiger partial charge in [-0.05, 0) is 69.8 Å². The molecule has 0 bridgehead atoms. The molecule has 6 nitrogen and oxygen atoms in total. The smallest absolute Gasteiger partial charge is 0.257 e. The SMILES string of the molecule is COc1ccc(Cl)cc1C(=O)N1CCC(C(=O)N2CCCC2CN2CCCC2)CC1. The molecule has 1 unspecified atom stereocenters. The van der Waals surface area contributed by atoms with Crippen molar-refractivity contribution < 1.29 is 14.3 Å². The van der Waals surface area contributed by atoms with Gasteiger partial charge in [0.15, 0.2) is 0 Å². The van der Waals surface area contributed by atoms with E-state index >= 15 is 0 Å². The molecule has 30 heavy (non-hydrogen) atoms. The quantitative estimate of drug-likeness (QED) is 0.715. The number of carbonyl (C=O) groups excluding carboxylic acids is 2. The molecular formula is C23H32ClN3O3. The molecule has 3 aliphatic rings. The van der Waals surface area contributed by atoms with Crippen LogP contribution in [0.15, 0.2) is 18.2 Å². The van der Waals surface area contributed by atoms with Crippen LogP contribution in [0.25, 0.3) is 0 Å². The average Bonchev–Trinajstić information content (AvgIpc) is 3.45. The van der Waals surface area contributed by atoms with Crippen LogP contribution in [0.1, 0.15) is 48.9 Å². The Bertz CT molecular complexity index is 773. The van der Waals surface area contributed by atoms with Crippen molar-refractivity contribution in [3.05, 3.63) is 28.8 Å². The fourth-order valence-electron chi connectivity index (χ4n) is 5.16. The second-order valence-corrected chi connectivity index (χ2v) is 9.18. The minimum absolute atomic E-state index is 0.0227. The van der Waals surface area contributed by atoms with Gasteiger partial charge in [-0.1, -0.05) is 11.6 Å². The van der Waals surface area contributed by atoms with Gasteiger partial charge in [0.1, 0.15) is 5.75 Å². The third-order valence-corrected chi connectivity index (χ3v) is 7.09. The lowest BCUT2D eigenvalue weighted by atomic mass is 9.94. The van der Waals surface area contributed by atoms with Crippen LogP contribution in [0.5, 0.6) is 5.75 Å². The highest BCUT2D eigenvalue weighted by molar-refractivity contribution is 6.31. The summed E-state index contributed by atoms with van der Waals surface area (Å²) in [6.45, 7) is 5.44. The first-order chi connectivity index (χ1) is 14.6. The summed E-state index contributed by atoms with van der Waals surface area (Å²) in [5, 5.41) is 0.516. The highest BCUT2D eigenvalue weighted by Gasteiger charge is 2.36. The Hall–Kier alpha value is -1.79. The van der Waals surface area contributed by atoms with Crippen molar-refractivity contribution in [3.8, 4) is 5.75 Å². The fourth-order valence-corrected chi connectivity index (χ4v) is 5.33. The molecule has 3 aliphatic heterocycles. The van der Waals surface area contributed by atoms with Crippen LogP contribution < -0.4 is 4.74 Å². The Morgan fingerprint density at radius 3 is 2.47 bits per heavy atom. The third-order valence-electron chi connectivity index (χ3n) is 6.85. The number of rotatable bonds is 5. The Morgan fingerprint density at radius 2 is 1.77 bits per heavy atom. The molecule has 1 aromatic rings. The summed E-state index contributed by atoms with van der Waals surface area (Å²) in [4.78, 5) is 32.7. The highest BCUT2D eigenvalue weighted by Crippen LogP contribution is 2.29. The van der Waals surface area contributed by atoms with E-state index in [9.17, 15) is 9.59 Å². The van der Waals surface area contributed by atoms with Crippen molar-refractivity contribution in [3.63, 3.8) is 0 Å². The number of halogens is 1. The number of piperidine rings is 1. The largest absolute Gasteiger partial charge is 0.496 e. The number of hydrogen-bond donors (Lipinski definition) is 0. The standard InChI is InChI=1S/C23H32ClN3O3/c1-30-21-7-6-18(24)15-20(21)23(29)26-13-8-17(9-14-26)22(28)27-12-4-5-19(27)16-25-10-2-3-11-25/h6-7,15,17,19H,2-5,8-14,16H2,1H3.